The van der Waals surface area contributed by atoms with E-state index in [1.54, 1.807) is 0 Å². The lowest BCUT2D eigenvalue weighted by molar-refractivity contribution is -0.120. The molecule has 2 saturated carbocycles. The van der Waals surface area contributed by atoms with Gasteiger partial charge in [0.25, 0.3) is 0 Å². The second-order valence-electron chi connectivity index (χ2n) is 8.91. The number of carbonyl (C=O) groups excluding carboxylic acids is 2. The van der Waals surface area contributed by atoms with Crippen LogP contribution >= 0.6 is 0 Å². The van der Waals surface area contributed by atoms with Gasteiger partial charge in [0.2, 0.25) is 0 Å². The molecular weight excluding hydrogens is 348 g/mol. The summed E-state index contributed by atoms with van der Waals surface area (Å²) in [4.78, 5) is 25.4. The maximum absolute atomic E-state index is 13.1. The zero-order chi connectivity index (χ0) is 19.3. The summed E-state index contributed by atoms with van der Waals surface area (Å²) in [5, 5.41) is 2.01. The van der Waals surface area contributed by atoms with E-state index in [1.165, 1.54) is 12.0 Å². The molecule has 28 heavy (non-hydrogen) atoms. The fourth-order valence-corrected chi connectivity index (χ4v) is 5.47. The van der Waals surface area contributed by atoms with Crippen LogP contribution in [0, 0.1) is 11.8 Å². The fourth-order valence-electron chi connectivity index (χ4n) is 5.47. The molecule has 2 aromatic rings. The Hall–Kier alpha value is -2.42. The smallest absolute Gasteiger partial charge is 0.339 e. The van der Waals surface area contributed by atoms with Crippen molar-refractivity contribution in [2.75, 3.05) is 0 Å². The highest BCUT2D eigenvalue weighted by Crippen LogP contribution is 2.48. The molecule has 0 aromatic heterocycles. The van der Waals surface area contributed by atoms with Gasteiger partial charge in [0, 0.05) is 11.8 Å². The Labute approximate surface area is 165 Å². The quantitative estimate of drug-likeness (QED) is 0.520. The summed E-state index contributed by atoms with van der Waals surface area (Å²) in [5.41, 5.74) is 1.47. The van der Waals surface area contributed by atoms with Crippen LogP contribution in [0.15, 0.2) is 48.6 Å². The van der Waals surface area contributed by atoms with Crippen LogP contribution in [0.1, 0.15) is 67.3 Å². The van der Waals surface area contributed by atoms with Gasteiger partial charge in [0.05, 0.1) is 5.56 Å². The van der Waals surface area contributed by atoms with E-state index in [-0.39, 0.29) is 29.3 Å². The number of ketones is 1. The molecule has 144 valence electrons. The average molecular weight is 374 g/mol. The number of hydrogen-bond acceptors (Lipinski definition) is 3. The molecule has 0 saturated heterocycles. The van der Waals surface area contributed by atoms with Gasteiger partial charge < -0.3 is 4.74 Å². The number of rotatable bonds is 3. The molecule has 5 rings (SSSR count). The van der Waals surface area contributed by atoms with E-state index in [0.717, 1.165) is 42.9 Å². The van der Waals surface area contributed by atoms with Gasteiger partial charge in [0.15, 0.2) is 0 Å². The van der Waals surface area contributed by atoms with Gasteiger partial charge in [-0.1, -0.05) is 48.9 Å². The average Bonchev–Trinajstić information content (AvgIpc) is 3.21. The van der Waals surface area contributed by atoms with Gasteiger partial charge >= 0.3 is 5.97 Å². The first-order valence-corrected chi connectivity index (χ1v) is 10.5. The summed E-state index contributed by atoms with van der Waals surface area (Å²) < 4.78 is 6.00. The number of allylic oxidation sites excluding steroid dienone is 2. The highest BCUT2D eigenvalue weighted by molar-refractivity contribution is 6.06. The molecule has 3 unspecified atom stereocenters. The fraction of sp³-hybridized carbons (Fsp3) is 0.440. The van der Waals surface area contributed by atoms with E-state index in [2.05, 4.69) is 31.2 Å². The van der Waals surface area contributed by atoms with Crippen molar-refractivity contribution < 1.29 is 14.3 Å². The van der Waals surface area contributed by atoms with Crippen LogP contribution in [0.4, 0.5) is 0 Å². The number of carbonyl (C=O) groups is 2. The van der Waals surface area contributed by atoms with Crippen molar-refractivity contribution in [3.8, 4) is 0 Å². The summed E-state index contributed by atoms with van der Waals surface area (Å²) in [6, 6.07) is 12.0. The van der Waals surface area contributed by atoms with Gasteiger partial charge in [-0.05, 0) is 67.3 Å². The highest BCUT2D eigenvalue weighted by atomic mass is 16.6. The molecule has 3 nitrogen and oxygen atoms in total. The lowest BCUT2D eigenvalue weighted by Gasteiger charge is -2.33. The molecule has 2 bridgehead atoms. The van der Waals surface area contributed by atoms with E-state index in [9.17, 15) is 9.59 Å². The Morgan fingerprint density at radius 3 is 2.46 bits per heavy atom. The molecule has 0 radical (unpaired) electrons. The molecule has 0 aliphatic heterocycles. The molecule has 0 N–H and O–H groups in total. The Morgan fingerprint density at radius 1 is 1.00 bits per heavy atom. The van der Waals surface area contributed by atoms with Gasteiger partial charge in [-0.2, -0.15) is 0 Å². The summed E-state index contributed by atoms with van der Waals surface area (Å²) >= 11 is 0. The van der Waals surface area contributed by atoms with Gasteiger partial charge in [-0.25, -0.2) is 4.79 Å². The van der Waals surface area contributed by atoms with Crippen LogP contribution in [0.3, 0.4) is 0 Å². The first-order valence-electron chi connectivity index (χ1n) is 10.5. The van der Waals surface area contributed by atoms with Crippen LogP contribution in [-0.4, -0.2) is 17.4 Å². The monoisotopic (exact) mass is 374 g/mol. The Balaban J connectivity index is 1.51. The molecule has 0 amide bonds. The molecular formula is C25H26O3. The van der Waals surface area contributed by atoms with Crippen molar-refractivity contribution >= 4 is 22.5 Å². The van der Waals surface area contributed by atoms with Crippen LogP contribution < -0.4 is 0 Å². The second kappa shape index (κ2) is 6.58. The van der Waals surface area contributed by atoms with E-state index in [1.807, 2.05) is 24.3 Å². The predicted octanol–water partition coefficient (Wildman–Crippen LogP) is 5.58. The number of benzene rings is 2. The van der Waals surface area contributed by atoms with Crippen molar-refractivity contribution in [2.45, 2.75) is 57.0 Å². The third-order valence-electron chi connectivity index (χ3n) is 7.01. The minimum atomic E-state index is -0.350. The summed E-state index contributed by atoms with van der Waals surface area (Å²) in [7, 11) is 0. The van der Waals surface area contributed by atoms with E-state index < -0.39 is 0 Å². The van der Waals surface area contributed by atoms with Crippen molar-refractivity contribution in [3.05, 3.63) is 59.7 Å². The first kappa shape index (κ1) is 17.7. The molecule has 2 aromatic carbocycles. The van der Waals surface area contributed by atoms with Crippen LogP contribution in [0.5, 0.6) is 0 Å². The number of ether oxygens (including phenoxy) is 1. The Morgan fingerprint density at radius 2 is 1.75 bits per heavy atom. The standard InChI is InChI=1S/C25H26O3/c1-25(13-3-2-4-14-25)28-24(27)21-10-6-7-17-18(21)8-5-9-19(17)22-15-16-11-12-20(22)23(16)26/h5-12,16,20,22H,2-4,13-15H2,1H3. The molecule has 3 heteroatoms. The Kier molecular flexibility index (Phi) is 4.15. The molecule has 3 aliphatic carbocycles. The summed E-state index contributed by atoms with van der Waals surface area (Å²) in [5.74, 6) is 0.407. The molecule has 3 aliphatic rings. The van der Waals surface area contributed by atoms with Crippen molar-refractivity contribution in [3.63, 3.8) is 0 Å². The Bertz CT molecular complexity index is 980. The zero-order valence-corrected chi connectivity index (χ0v) is 16.3. The molecule has 2 fully saturated rings. The number of Topliss-reactive ketones (excluding diaryl/α,β-unsaturated/α-hetero) is 1. The first-order chi connectivity index (χ1) is 13.6. The molecule has 3 atom stereocenters. The lowest BCUT2D eigenvalue weighted by atomic mass is 9.83. The van der Waals surface area contributed by atoms with E-state index in [0.29, 0.717) is 11.3 Å². The van der Waals surface area contributed by atoms with Crippen molar-refractivity contribution in [1.29, 1.82) is 0 Å². The topological polar surface area (TPSA) is 43.4 Å². The maximum atomic E-state index is 13.1. The predicted molar refractivity (Wildman–Crippen MR) is 109 cm³/mol. The molecule has 0 spiro atoms. The van der Waals surface area contributed by atoms with E-state index >= 15 is 0 Å². The lowest BCUT2D eigenvalue weighted by Crippen LogP contribution is -2.34. The van der Waals surface area contributed by atoms with Crippen LogP contribution in [0.25, 0.3) is 10.8 Å². The summed E-state index contributed by atoms with van der Waals surface area (Å²) in [6.45, 7) is 2.06. The van der Waals surface area contributed by atoms with E-state index in [4.69, 9.17) is 4.74 Å². The zero-order valence-electron chi connectivity index (χ0n) is 16.3. The number of esters is 1. The maximum Gasteiger partial charge on any atom is 0.339 e. The third-order valence-corrected chi connectivity index (χ3v) is 7.01. The minimum Gasteiger partial charge on any atom is -0.456 e. The largest absolute Gasteiger partial charge is 0.456 e. The second-order valence-corrected chi connectivity index (χ2v) is 8.91. The highest BCUT2D eigenvalue weighted by Gasteiger charge is 2.44. The van der Waals surface area contributed by atoms with Crippen LogP contribution in [-0.2, 0) is 9.53 Å². The van der Waals surface area contributed by atoms with Crippen molar-refractivity contribution in [1.82, 2.24) is 0 Å². The minimum absolute atomic E-state index is 0.00708. The normalized spacial score (nSPS) is 28.0. The number of fused-ring (bicyclic) bond motifs is 3. The SMILES string of the molecule is CC1(OC(=O)c2cccc3c(C4CC5C=CC4C5=O)cccc23)CCCCC1. The van der Waals surface area contributed by atoms with Crippen LogP contribution in [0.2, 0.25) is 0 Å². The summed E-state index contributed by atoms with van der Waals surface area (Å²) in [6.07, 6.45) is 10.4. The number of hydrogen-bond donors (Lipinski definition) is 0. The van der Waals surface area contributed by atoms with Gasteiger partial charge in [0.1, 0.15) is 11.4 Å². The third kappa shape index (κ3) is 2.80. The van der Waals surface area contributed by atoms with Gasteiger partial charge in [-0.15, -0.1) is 0 Å². The van der Waals surface area contributed by atoms with Gasteiger partial charge in [-0.3, -0.25) is 4.79 Å². The van der Waals surface area contributed by atoms with Crippen molar-refractivity contribution in [2.24, 2.45) is 11.8 Å². The molecule has 0 heterocycles.